The smallest absolute Gasteiger partial charge is 0.233 e. The minimum absolute atomic E-state index is 0.00236. The summed E-state index contributed by atoms with van der Waals surface area (Å²) in [5.41, 5.74) is 1.01. The number of carbonyl (C=O) groups excluding carboxylic acids is 4. The number of halogens is 1. The van der Waals surface area contributed by atoms with Gasteiger partial charge < -0.3 is 5.32 Å². The van der Waals surface area contributed by atoms with Crippen molar-refractivity contribution in [1.82, 2.24) is 4.90 Å². The predicted octanol–water partition coefficient (Wildman–Crippen LogP) is 2.74. The van der Waals surface area contributed by atoms with Crippen LogP contribution < -0.4 is 5.32 Å². The molecule has 1 N–H and O–H groups in total. The van der Waals surface area contributed by atoms with Crippen LogP contribution in [0.5, 0.6) is 0 Å². The number of rotatable bonds is 5. The molecule has 3 rings (SSSR count). The van der Waals surface area contributed by atoms with Crippen LogP contribution in [0.1, 0.15) is 36.5 Å². The molecule has 0 bridgehead atoms. The van der Waals surface area contributed by atoms with Crippen LogP contribution in [0.15, 0.2) is 35.4 Å². The molecule has 1 saturated heterocycles. The summed E-state index contributed by atoms with van der Waals surface area (Å²) in [7, 11) is 0. The van der Waals surface area contributed by atoms with Crippen molar-refractivity contribution in [3.63, 3.8) is 0 Å². The van der Waals surface area contributed by atoms with Crippen molar-refractivity contribution in [3.8, 4) is 0 Å². The van der Waals surface area contributed by atoms with Gasteiger partial charge in [-0.05, 0) is 31.9 Å². The molecule has 3 amide bonds. The molecular weight excluding hydrogens is 356 g/mol. The maximum Gasteiger partial charge on any atom is 0.233 e. The number of ketones is 1. The Morgan fingerprint density at radius 1 is 1.23 bits per heavy atom. The van der Waals surface area contributed by atoms with E-state index in [1.165, 1.54) is 11.8 Å². The second-order valence-electron chi connectivity index (χ2n) is 6.57. The molecule has 0 aromatic heterocycles. The molecule has 1 aliphatic heterocycles. The van der Waals surface area contributed by atoms with Gasteiger partial charge in [0.05, 0.1) is 11.8 Å². The predicted molar refractivity (Wildman–Crippen MR) is 96.6 cm³/mol. The van der Waals surface area contributed by atoms with E-state index < -0.39 is 5.92 Å². The van der Waals surface area contributed by atoms with Crippen molar-refractivity contribution >= 4 is 40.8 Å². The Kier molecular flexibility index (Phi) is 5.23. The van der Waals surface area contributed by atoms with E-state index in [1.807, 2.05) is 0 Å². The first-order valence-electron chi connectivity index (χ1n) is 8.47. The van der Waals surface area contributed by atoms with E-state index in [4.69, 9.17) is 11.6 Å². The second-order valence-corrected chi connectivity index (χ2v) is 7.05. The maximum absolute atomic E-state index is 12.4. The number of anilines is 1. The van der Waals surface area contributed by atoms with Crippen LogP contribution in [0.2, 0.25) is 0 Å². The lowest BCUT2D eigenvalue weighted by molar-refractivity contribution is -0.140. The van der Waals surface area contributed by atoms with E-state index in [1.54, 1.807) is 30.3 Å². The van der Waals surface area contributed by atoms with Gasteiger partial charge in [-0.2, -0.15) is 0 Å². The molecule has 1 aromatic carbocycles. The Hall–Kier alpha value is -2.47. The lowest BCUT2D eigenvalue weighted by Gasteiger charge is -2.17. The first-order chi connectivity index (χ1) is 12.4. The van der Waals surface area contributed by atoms with Gasteiger partial charge in [0.25, 0.3) is 0 Å². The normalized spacial score (nSPS) is 22.1. The Balaban J connectivity index is 1.58. The lowest BCUT2D eigenvalue weighted by atomic mass is 9.85. The average Bonchev–Trinajstić information content (AvgIpc) is 2.83. The van der Waals surface area contributed by atoms with Gasteiger partial charge >= 0.3 is 0 Å². The molecule has 0 radical (unpaired) electrons. The number of amides is 3. The van der Waals surface area contributed by atoms with Crippen molar-refractivity contribution < 1.29 is 19.2 Å². The first-order valence-corrected chi connectivity index (χ1v) is 8.85. The van der Waals surface area contributed by atoms with E-state index >= 15 is 0 Å². The van der Waals surface area contributed by atoms with Gasteiger partial charge in [0, 0.05) is 29.2 Å². The van der Waals surface area contributed by atoms with Crippen LogP contribution in [0.3, 0.4) is 0 Å². The number of fused-ring (bicyclic) bond motifs is 1. The molecular formula is C19H19ClN2O4. The van der Waals surface area contributed by atoms with Crippen LogP contribution in [0.25, 0.3) is 0 Å². The minimum Gasteiger partial charge on any atom is -0.326 e. The van der Waals surface area contributed by atoms with Crippen LogP contribution in [0, 0.1) is 11.8 Å². The summed E-state index contributed by atoms with van der Waals surface area (Å²) < 4.78 is 0. The van der Waals surface area contributed by atoms with E-state index in [0.29, 0.717) is 29.1 Å². The molecule has 1 aliphatic carbocycles. The van der Waals surface area contributed by atoms with Crippen molar-refractivity contribution in [1.29, 1.82) is 0 Å². The zero-order valence-electron chi connectivity index (χ0n) is 14.3. The molecule has 2 unspecified atom stereocenters. The molecule has 1 fully saturated rings. The lowest BCUT2D eigenvalue weighted by Crippen LogP contribution is -2.34. The number of carbonyl (C=O) groups is 4. The highest BCUT2D eigenvalue weighted by molar-refractivity contribution is 6.30. The van der Waals surface area contributed by atoms with E-state index in [2.05, 4.69) is 5.32 Å². The molecule has 1 heterocycles. The average molecular weight is 375 g/mol. The van der Waals surface area contributed by atoms with Crippen molar-refractivity contribution in [2.45, 2.75) is 26.2 Å². The van der Waals surface area contributed by atoms with E-state index in [9.17, 15) is 19.2 Å². The van der Waals surface area contributed by atoms with Gasteiger partial charge in [-0.1, -0.05) is 29.8 Å². The fourth-order valence-electron chi connectivity index (χ4n) is 3.37. The minimum atomic E-state index is -0.407. The third-order valence-corrected chi connectivity index (χ3v) is 5.08. The Labute approximate surface area is 156 Å². The van der Waals surface area contributed by atoms with Crippen molar-refractivity contribution in [3.05, 3.63) is 40.9 Å². The molecule has 136 valence electrons. The monoisotopic (exact) mass is 374 g/mol. The standard InChI is InChI=1S/C19H19ClN2O4/c1-11(23)12-3-2-4-14(9-12)21-17(24)7-8-22-18(25)15-6-5-13(20)10-16(15)19(22)26/h2-5,9,15-16H,6-8,10H2,1H3,(H,21,24). The molecule has 2 aliphatic rings. The van der Waals surface area contributed by atoms with Crippen molar-refractivity contribution in [2.75, 3.05) is 11.9 Å². The summed E-state index contributed by atoms with van der Waals surface area (Å²) in [6.07, 6.45) is 2.64. The summed E-state index contributed by atoms with van der Waals surface area (Å²) in [4.78, 5) is 49.6. The summed E-state index contributed by atoms with van der Waals surface area (Å²) in [5.74, 6) is -1.67. The largest absolute Gasteiger partial charge is 0.326 e. The van der Waals surface area contributed by atoms with Crippen LogP contribution in [-0.4, -0.2) is 34.9 Å². The highest BCUT2D eigenvalue weighted by atomic mass is 35.5. The summed E-state index contributed by atoms with van der Waals surface area (Å²) in [6, 6.07) is 6.62. The summed E-state index contributed by atoms with van der Waals surface area (Å²) >= 11 is 5.99. The number of likely N-dealkylation sites (tertiary alicyclic amines) is 1. The highest BCUT2D eigenvalue weighted by Gasteiger charge is 2.48. The quantitative estimate of drug-likeness (QED) is 0.634. The van der Waals surface area contributed by atoms with Gasteiger partial charge in [-0.25, -0.2) is 0 Å². The SMILES string of the molecule is CC(=O)c1cccc(NC(=O)CCN2C(=O)C3CC=C(Cl)CC3C2=O)c1. The number of nitrogens with zero attached hydrogens (tertiary/aromatic N) is 1. The number of allylic oxidation sites excluding steroid dienone is 2. The molecule has 6 nitrogen and oxygen atoms in total. The number of benzene rings is 1. The second kappa shape index (κ2) is 7.41. The topological polar surface area (TPSA) is 83.6 Å². The van der Waals surface area contributed by atoms with Crippen molar-refractivity contribution in [2.24, 2.45) is 11.8 Å². The number of hydrogen-bond acceptors (Lipinski definition) is 4. The highest BCUT2D eigenvalue weighted by Crippen LogP contribution is 2.38. The number of Topliss-reactive ketones (excluding diaryl/α,β-unsaturated/α-hetero) is 1. The van der Waals surface area contributed by atoms with Gasteiger partial charge in [0.1, 0.15) is 0 Å². The van der Waals surface area contributed by atoms with Crippen LogP contribution in [-0.2, 0) is 14.4 Å². The van der Waals surface area contributed by atoms with E-state index in [-0.39, 0.29) is 42.4 Å². The number of imide groups is 1. The summed E-state index contributed by atoms with van der Waals surface area (Å²) in [5, 5.41) is 3.30. The van der Waals surface area contributed by atoms with Gasteiger partial charge in [0.15, 0.2) is 5.78 Å². The fourth-order valence-corrected chi connectivity index (χ4v) is 3.62. The zero-order chi connectivity index (χ0) is 18.8. The Bertz CT molecular complexity index is 818. The number of hydrogen-bond donors (Lipinski definition) is 1. The Morgan fingerprint density at radius 2 is 1.96 bits per heavy atom. The van der Waals surface area contributed by atoms with Crippen LogP contribution in [0.4, 0.5) is 5.69 Å². The first kappa shape index (κ1) is 18.3. The Morgan fingerprint density at radius 3 is 2.69 bits per heavy atom. The molecule has 2 atom stereocenters. The third kappa shape index (κ3) is 3.70. The fraction of sp³-hybridized carbons (Fsp3) is 0.368. The van der Waals surface area contributed by atoms with Gasteiger partial charge in [-0.15, -0.1) is 0 Å². The van der Waals surface area contributed by atoms with Gasteiger partial charge in [0.2, 0.25) is 17.7 Å². The summed E-state index contributed by atoms with van der Waals surface area (Å²) in [6.45, 7) is 1.49. The van der Waals surface area contributed by atoms with Crippen LogP contribution >= 0.6 is 11.6 Å². The van der Waals surface area contributed by atoms with Gasteiger partial charge in [-0.3, -0.25) is 24.1 Å². The zero-order valence-corrected chi connectivity index (χ0v) is 15.1. The molecule has 26 heavy (non-hydrogen) atoms. The molecule has 0 saturated carbocycles. The van der Waals surface area contributed by atoms with E-state index in [0.717, 1.165) is 0 Å². The number of nitrogens with one attached hydrogen (secondary N) is 1. The maximum atomic E-state index is 12.4. The molecule has 7 heteroatoms. The third-order valence-electron chi connectivity index (χ3n) is 4.78. The molecule has 0 spiro atoms. The molecule has 1 aromatic rings.